The van der Waals surface area contributed by atoms with Crippen LogP contribution in [-0.4, -0.2) is 23.1 Å². The van der Waals surface area contributed by atoms with E-state index in [2.05, 4.69) is 44.1 Å². The van der Waals surface area contributed by atoms with Crippen LogP contribution in [0.15, 0.2) is 27.0 Å². The first-order chi connectivity index (χ1) is 9.19. The van der Waals surface area contributed by atoms with Crippen molar-refractivity contribution in [1.82, 2.24) is 20.8 Å². The first kappa shape index (κ1) is 16.9. The fraction of sp³-hybridized carbons (Fsp3) is 0.417. The van der Waals surface area contributed by atoms with Crippen molar-refractivity contribution in [2.45, 2.75) is 26.4 Å². The Morgan fingerprint density at radius 3 is 2.90 bits per heavy atom. The molecule has 0 radical (unpaired) electrons. The van der Waals surface area contributed by atoms with E-state index in [4.69, 9.17) is 4.52 Å². The zero-order chi connectivity index (χ0) is 13.7. The number of nitrogens with one attached hydrogen (secondary N) is 2. The molecular weight excluding hydrogens is 389 g/mol. The highest BCUT2D eigenvalue weighted by atomic mass is 127. The van der Waals surface area contributed by atoms with Crippen LogP contribution in [0, 0.1) is 6.92 Å². The highest BCUT2D eigenvalue weighted by Crippen LogP contribution is 2.17. The largest absolute Gasteiger partial charge is 0.349 e. The third kappa shape index (κ3) is 4.75. The molecule has 2 aromatic heterocycles. The molecule has 0 saturated heterocycles. The van der Waals surface area contributed by atoms with Gasteiger partial charge in [-0.3, -0.25) is 4.99 Å². The van der Waals surface area contributed by atoms with Gasteiger partial charge in [0.15, 0.2) is 11.8 Å². The summed E-state index contributed by atoms with van der Waals surface area (Å²) in [6.45, 7) is 4.34. The second-order valence-electron chi connectivity index (χ2n) is 4.04. The molecule has 0 aliphatic rings. The Labute approximate surface area is 139 Å². The highest BCUT2D eigenvalue weighted by Gasteiger charge is 2.09. The van der Waals surface area contributed by atoms with Crippen molar-refractivity contribution in [1.29, 1.82) is 0 Å². The van der Waals surface area contributed by atoms with Crippen LogP contribution < -0.4 is 10.6 Å². The zero-order valence-corrected chi connectivity index (χ0v) is 14.7. The van der Waals surface area contributed by atoms with Crippen molar-refractivity contribution < 1.29 is 4.52 Å². The molecular formula is C12H18IN5OS. The first-order valence-electron chi connectivity index (χ1n) is 5.99. The van der Waals surface area contributed by atoms with E-state index in [0.717, 1.165) is 0 Å². The summed E-state index contributed by atoms with van der Waals surface area (Å²) in [5.41, 5.74) is 0. The molecule has 0 fully saturated rings. The number of aromatic nitrogens is 2. The fourth-order valence-electron chi connectivity index (χ4n) is 1.58. The molecule has 8 heteroatoms. The van der Waals surface area contributed by atoms with E-state index in [1.165, 1.54) is 4.88 Å². The Balaban J connectivity index is 0.00000200. The molecule has 20 heavy (non-hydrogen) atoms. The van der Waals surface area contributed by atoms with Crippen molar-refractivity contribution in [2.75, 3.05) is 7.05 Å². The van der Waals surface area contributed by atoms with Crippen LogP contribution in [0.25, 0.3) is 0 Å². The number of rotatable bonds is 4. The molecule has 2 N–H and O–H groups in total. The SMILES string of the molecule is CN=C(NCc1noc(C)n1)NC(C)c1cccs1.I. The fourth-order valence-corrected chi connectivity index (χ4v) is 2.32. The predicted octanol–water partition coefficient (Wildman–Crippen LogP) is 2.48. The van der Waals surface area contributed by atoms with Crippen molar-refractivity contribution in [3.8, 4) is 0 Å². The lowest BCUT2D eigenvalue weighted by Gasteiger charge is -2.16. The maximum Gasteiger partial charge on any atom is 0.223 e. The van der Waals surface area contributed by atoms with E-state index in [0.29, 0.717) is 24.2 Å². The number of aliphatic imine (C=N–C) groups is 1. The van der Waals surface area contributed by atoms with Gasteiger partial charge in [0.25, 0.3) is 0 Å². The third-order valence-corrected chi connectivity index (χ3v) is 3.59. The molecule has 2 rings (SSSR count). The van der Waals surface area contributed by atoms with Crippen molar-refractivity contribution in [3.63, 3.8) is 0 Å². The van der Waals surface area contributed by atoms with Crippen LogP contribution in [0.3, 0.4) is 0 Å². The lowest BCUT2D eigenvalue weighted by atomic mass is 10.3. The van der Waals surface area contributed by atoms with Gasteiger partial charge in [-0.25, -0.2) is 0 Å². The minimum Gasteiger partial charge on any atom is -0.349 e. The summed E-state index contributed by atoms with van der Waals surface area (Å²) >= 11 is 1.72. The third-order valence-electron chi connectivity index (χ3n) is 2.53. The van der Waals surface area contributed by atoms with E-state index in [1.807, 2.05) is 6.07 Å². The summed E-state index contributed by atoms with van der Waals surface area (Å²) in [7, 11) is 1.73. The lowest BCUT2D eigenvalue weighted by molar-refractivity contribution is 0.386. The maximum absolute atomic E-state index is 4.91. The molecule has 2 aromatic rings. The molecule has 2 heterocycles. The summed E-state index contributed by atoms with van der Waals surface area (Å²) in [6, 6.07) is 4.34. The average Bonchev–Trinajstić information content (AvgIpc) is 3.05. The van der Waals surface area contributed by atoms with Gasteiger partial charge in [-0.1, -0.05) is 11.2 Å². The second-order valence-corrected chi connectivity index (χ2v) is 5.02. The summed E-state index contributed by atoms with van der Waals surface area (Å²) < 4.78 is 4.91. The Morgan fingerprint density at radius 1 is 1.55 bits per heavy atom. The molecule has 6 nitrogen and oxygen atoms in total. The van der Waals surface area contributed by atoms with E-state index in [9.17, 15) is 0 Å². The molecule has 0 amide bonds. The van der Waals surface area contributed by atoms with Gasteiger partial charge < -0.3 is 15.2 Å². The number of halogens is 1. The molecule has 0 aliphatic heterocycles. The average molecular weight is 407 g/mol. The number of aryl methyl sites for hydroxylation is 1. The summed E-state index contributed by atoms with van der Waals surface area (Å²) in [4.78, 5) is 9.56. The number of thiophene rings is 1. The quantitative estimate of drug-likeness (QED) is 0.463. The normalized spacial score (nSPS) is 12.7. The van der Waals surface area contributed by atoms with Gasteiger partial charge in [-0.05, 0) is 18.4 Å². The van der Waals surface area contributed by atoms with E-state index in [1.54, 1.807) is 25.3 Å². The van der Waals surface area contributed by atoms with Gasteiger partial charge in [0.2, 0.25) is 5.89 Å². The number of hydrogen-bond donors (Lipinski definition) is 2. The van der Waals surface area contributed by atoms with E-state index >= 15 is 0 Å². The monoisotopic (exact) mass is 407 g/mol. The van der Waals surface area contributed by atoms with Crippen LogP contribution in [0.5, 0.6) is 0 Å². The van der Waals surface area contributed by atoms with Crippen LogP contribution in [-0.2, 0) is 6.54 Å². The summed E-state index contributed by atoms with van der Waals surface area (Å²) in [5, 5.41) is 12.3. The minimum atomic E-state index is 0. The number of nitrogens with zero attached hydrogens (tertiary/aromatic N) is 3. The molecule has 0 saturated carbocycles. The Bertz CT molecular complexity index is 540. The van der Waals surface area contributed by atoms with Crippen molar-refractivity contribution >= 4 is 41.3 Å². The van der Waals surface area contributed by atoms with Gasteiger partial charge in [0.1, 0.15) is 0 Å². The highest BCUT2D eigenvalue weighted by molar-refractivity contribution is 14.0. The topological polar surface area (TPSA) is 75.3 Å². The van der Waals surface area contributed by atoms with Gasteiger partial charge in [0.05, 0.1) is 12.6 Å². The zero-order valence-electron chi connectivity index (χ0n) is 11.6. The standard InChI is InChI=1S/C12H17N5OS.HI/c1-8(10-5-4-6-19-10)15-12(13-3)14-7-11-16-9(2)18-17-11;/h4-6,8H,7H2,1-3H3,(H2,13,14,15);1H. The van der Waals surface area contributed by atoms with Crippen LogP contribution in [0.4, 0.5) is 0 Å². The molecule has 0 bridgehead atoms. The van der Waals surface area contributed by atoms with Crippen LogP contribution >= 0.6 is 35.3 Å². The molecule has 1 unspecified atom stereocenters. The molecule has 0 aromatic carbocycles. The Morgan fingerprint density at radius 2 is 2.35 bits per heavy atom. The summed E-state index contributed by atoms with van der Waals surface area (Å²) in [6.07, 6.45) is 0. The smallest absolute Gasteiger partial charge is 0.223 e. The van der Waals surface area contributed by atoms with Crippen LogP contribution in [0.1, 0.15) is 29.6 Å². The van der Waals surface area contributed by atoms with E-state index < -0.39 is 0 Å². The molecule has 0 aliphatic carbocycles. The van der Waals surface area contributed by atoms with Gasteiger partial charge >= 0.3 is 0 Å². The Hall–Kier alpha value is -1.16. The Kier molecular flexibility index (Phi) is 6.93. The second kappa shape index (κ2) is 8.20. The number of guanidine groups is 1. The predicted molar refractivity (Wildman–Crippen MR) is 90.5 cm³/mol. The van der Waals surface area contributed by atoms with Gasteiger partial charge in [0, 0.05) is 18.8 Å². The molecule has 0 spiro atoms. The first-order valence-corrected chi connectivity index (χ1v) is 6.86. The molecule has 110 valence electrons. The number of hydrogen-bond acceptors (Lipinski definition) is 5. The molecule has 1 atom stereocenters. The lowest BCUT2D eigenvalue weighted by Crippen LogP contribution is -2.38. The van der Waals surface area contributed by atoms with E-state index in [-0.39, 0.29) is 30.0 Å². The van der Waals surface area contributed by atoms with Crippen LogP contribution in [0.2, 0.25) is 0 Å². The van der Waals surface area contributed by atoms with Gasteiger partial charge in [-0.15, -0.1) is 35.3 Å². The minimum absolute atomic E-state index is 0. The summed E-state index contributed by atoms with van der Waals surface area (Å²) in [5.74, 6) is 1.89. The maximum atomic E-state index is 4.91. The van der Waals surface area contributed by atoms with Gasteiger partial charge in [-0.2, -0.15) is 4.98 Å². The van der Waals surface area contributed by atoms with Crippen molar-refractivity contribution in [2.24, 2.45) is 4.99 Å². The van der Waals surface area contributed by atoms with Crippen molar-refractivity contribution in [3.05, 3.63) is 34.1 Å².